The lowest BCUT2D eigenvalue weighted by Gasteiger charge is -2.12. The molecule has 0 radical (unpaired) electrons. The van der Waals surface area contributed by atoms with Crippen LogP contribution in [0.3, 0.4) is 0 Å². The fourth-order valence-electron chi connectivity index (χ4n) is 2.60. The summed E-state index contributed by atoms with van der Waals surface area (Å²) < 4.78 is 21.0. The summed E-state index contributed by atoms with van der Waals surface area (Å²) in [7, 11) is 1.57. The van der Waals surface area contributed by atoms with Crippen molar-refractivity contribution in [3.8, 4) is 17.2 Å². The first kappa shape index (κ1) is 20.4. The average Bonchev–Trinajstić information content (AvgIpc) is 3.05. The second-order valence-electron chi connectivity index (χ2n) is 5.92. The zero-order chi connectivity index (χ0) is 21.0. The summed E-state index contributed by atoms with van der Waals surface area (Å²) >= 11 is 6.24. The third kappa shape index (κ3) is 4.75. The van der Waals surface area contributed by atoms with E-state index in [-0.39, 0.29) is 28.1 Å². The van der Waals surface area contributed by atoms with Crippen molar-refractivity contribution < 1.29 is 28.5 Å². The fourth-order valence-corrected chi connectivity index (χ4v) is 2.86. The highest BCUT2D eigenvalue weighted by molar-refractivity contribution is 6.32. The number of carbonyl (C=O) groups excluding carboxylic acids is 2. The van der Waals surface area contributed by atoms with Gasteiger partial charge in [0.05, 0.1) is 18.7 Å². The molecule has 1 heterocycles. The van der Waals surface area contributed by atoms with Gasteiger partial charge in [-0.1, -0.05) is 11.6 Å². The van der Waals surface area contributed by atoms with E-state index in [2.05, 4.69) is 4.99 Å². The third-order valence-electron chi connectivity index (χ3n) is 3.84. The molecule has 3 rings (SSSR count). The van der Waals surface area contributed by atoms with E-state index in [0.717, 1.165) is 0 Å². The number of esters is 2. The molecule has 0 amide bonds. The van der Waals surface area contributed by atoms with Crippen molar-refractivity contribution in [2.24, 2.45) is 4.99 Å². The van der Waals surface area contributed by atoms with E-state index in [4.69, 9.17) is 30.5 Å². The molecule has 1 aliphatic rings. The Hall–Kier alpha value is -3.32. The predicted octanol–water partition coefficient (Wildman–Crippen LogP) is 4.02. The topological polar surface area (TPSA) is 83.4 Å². The Labute approximate surface area is 172 Å². The summed E-state index contributed by atoms with van der Waals surface area (Å²) in [5.41, 5.74) is 1.29. The number of hydrogen-bond donors (Lipinski definition) is 0. The van der Waals surface area contributed by atoms with Gasteiger partial charge in [0.25, 0.3) is 0 Å². The Morgan fingerprint density at radius 1 is 1.24 bits per heavy atom. The molecule has 2 aromatic rings. The van der Waals surface area contributed by atoms with Gasteiger partial charge < -0.3 is 18.9 Å². The van der Waals surface area contributed by atoms with E-state index in [9.17, 15) is 9.59 Å². The lowest BCUT2D eigenvalue weighted by molar-refractivity contribution is -0.132. The number of benzene rings is 2. The van der Waals surface area contributed by atoms with Gasteiger partial charge in [0, 0.05) is 12.5 Å². The molecular formula is C21H18ClNO6. The number of halogens is 1. The van der Waals surface area contributed by atoms with E-state index in [1.165, 1.54) is 13.0 Å². The molecule has 0 saturated carbocycles. The number of nitrogens with zero attached hydrogens (tertiary/aromatic N) is 1. The highest BCUT2D eigenvalue weighted by atomic mass is 35.5. The number of cyclic esters (lactones) is 1. The van der Waals surface area contributed by atoms with Gasteiger partial charge >= 0.3 is 11.9 Å². The minimum absolute atomic E-state index is 0.106. The zero-order valence-corrected chi connectivity index (χ0v) is 16.8. The maximum atomic E-state index is 12.2. The normalized spacial score (nSPS) is 14.4. The Kier molecular flexibility index (Phi) is 6.19. The molecule has 0 N–H and O–H groups in total. The van der Waals surface area contributed by atoms with Crippen LogP contribution in [0.4, 0.5) is 0 Å². The zero-order valence-electron chi connectivity index (χ0n) is 16.0. The van der Waals surface area contributed by atoms with Crippen molar-refractivity contribution in [2.75, 3.05) is 13.7 Å². The molecule has 0 saturated heterocycles. The Bertz CT molecular complexity index is 1010. The standard InChI is InChI=1S/C21H18ClNO6/c1-4-27-18-11-13(9-16(22)19(18)28-12(2)24)10-17-21(25)29-20(23-17)14-5-7-15(26-3)8-6-14/h5-11H,4H2,1-3H3/b17-10-. The maximum absolute atomic E-state index is 12.2. The van der Waals surface area contributed by atoms with Crippen molar-refractivity contribution in [2.45, 2.75) is 13.8 Å². The number of ether oxygens (including phenoxy) is 4. The second kappa shape index (κ2) is 8.79. The van der Waals surface area contributed by atoms with E-state index in [0.29, 0.717) is 23.5 Å². The summed E-state index contributed by atoms with van der Waals surface area (Å²) in [5.74, 6) is 0.172. The largest absolute Gasteiger partial charge is 0.497 e. The lowest BCUT2D eigenvalue weighted by atomic mass is 10.1. The highest BCUT2D eigenvalue weighted by Crippen LogP contribution is 2.37. The van der Waals surface area contributed by atoms with Gasteiger partial charge in [0.15, 0.2) is 17.2 Å². The molecule has 0 fully saturated rings. The first-order chi connectivity index (χ1) is 13.9. The first-order valence-corrected chi connectivity index (χ1v) is 9.10. The van der Waals surface area contributed by atoms with Crippen LogP contribution in [0, 0.1) is 0 Å². The van der Waals surface area contributed by atoms with Gasteiger partial charge in [-0.2, -0.15) is 0 Å². The molecule has 0 unspecified atom stereocenters. The summed E-state index contributed by atoms with van der Waals surface area (Å²) in [6.45, 7) is 3.40. The average molecular weight is 416 g/mol. The van der Waals surface area contributed by atoms with Gasteiger partial charge in [-0.15, -0.1) is 0 Å². The van der Waals surface area contributed by atoms with Crippen LogP contribution in [0.15, 0.2) is 47.1 Å². The molecule has 1 aliphatic heterocycles. The smallest absolute Gasteiger partial charge is 0.363 e. The first-order valence-electron chi connectivity index (χ1n) is 8.73. The monoisotopic (exact) mass is 415 g/mol. The molecule has 8 heteroatoms. The molecule has 0 bridgehead atoms. The highest BCUT2D eigenvalue weighted by Gasteiger charge is 2.24. The van der Waals surface area contributed by atoms with Crippen LogP contribution in [0.25, 0.3) is 6.08 Å². The SMILES string of the molecule is CCOc1cc(/C=C2\N=C(c3ccc(OC)cc3)OC2=O)cc(Cl)c1OC(C)=O. The van der Waals surface area contributed by atoms with Crippen molar-refractivity contribution in [3.05, 3.63) is 58.2 Å². The minimum Gasteiger partial charge on any atom is -0.497 e. The quantitative estimate of drug-likeness (QED) is 0.402. The second-order valence-corrected chi connectivity index (χ2v) is 6.33. The fraction of sp³-hybridized carbons (Fsp3) is 0.190. The Morgan fingerprint density at radius 2 is 1.97 bits per heavy atom. The summed E-state index contributed by atoms with van der Waals surface area (Å²) in [5, 5.41) is 0.170. The molecule has 150 valence electrons. The predicted molar refractivity (Wildman–Crippen MR) is 108 cm³/mol. The molecule has 0 spiro atoms. The van der Waals surface area contributed by atoms with Crippen LogP contribution in [0.2, 0.25) is 5.02 Å². The van der Waals surface area contributed by atoms with E-state index < -0.39 is 11.9 Å². The maximum Gasteiger partial charge on any atom is 0.363 e. The molecule has 0 aliphatic carbocycles. The van der Waals surface area contributed by atoms with Crippen molar-refractivity contribution in [1.29, 1.82) is 0 Å². The van der Waals surface area contributed by atoms with Crippen LogP contribution in [-0.2, 0) is 14.3 Å². The Morgan fingerprint density at radius 3 is 2.59 bits per heavy atom. The van der Waals surface area contributed by atoms with Gasteiger partial charge in [-0.3, -0.25) is 4.79 Å². The number of aliphatic imine (C=N–C) groups is 1. The molecule has 29 heavy (non-hydrogen) atoms. The van der Waals surface area contributed by atoms with Crippen molar-refractivity contribution in [3.63, 3.8) is 0 Å². The summed E-state index contributed by atoms with van der Waals surface area (Å²) in [6, 6.07) is 10.1. The van der Waals surface area contributed by atoms with Gasteiger partial charge in [-0.05, 0) is 55.0 Å². The Balaban J connectivity index is 1.94. The van der Waals surface area contributed by atoms with Gasteiger partial charge in [-0.25, -0.2) is 9.79 Å². The van der Waals surface area contributed by atoms with Crippen molar-refractivity contribution in [1.82, 2.24) is 0 Å². The number of hydrogen-bond acceptors (Lipinski definition) is 7. The van der Waals surface area contributed by atoms with Crippen LogP contribution in [0.5, 0.6) is 17.2 Å². The third-order valence-corrected chi connectivity index (χ3v) is 4.12. The molecule has 2 aromatic carbocycles. The van der Waals surface area contributed by atoms with Gasteiger partial charge in [0.1, 0.15) is 5.75 Å². The molecular weight excluding hydrogens is 398 g/mol. The number of methoxy groups -OCH3 is 1. The van der Waals surface area contributed by atoms with E-state index >= 15 is 0 Å². The number of rotatable bonds is 6. The summed E-state index contributed by atoms with van der Waals surface area (Å²) in [4.78, 5) is 27.8. The van der Waals surface area contributed by atoms with E-state index in [1.807, 2.05) is 0 Å². The van der Waals surface area contributed by atoms with Crippen LogP contribution < -0.4 is 14.2 Å². The van der Waals surface area contributed by atoms with Gasteiger partial charge in [0.2, 0.25) is 5.90 Å². The van der Waals surface area contributed by atoms with E-state index in [1.54, 1.807) is 50.4 Å². The van der Waals surface area contributed by atoms with Crippen LogP contribution in [-0.4, -0.2) is 31.6 Å². The molecule has 0 atom stereocenters. The van der Waals surface area contributed by atoms with Crippen molar-refractivity contribution >= 4 is 35.5 Å². The molecule has 0 aromatic heterocycles. The minimum atomic E-state index is -0.589. The molecule has 7 nitrogen and oxygen atoms in total. The van der Waals surface area contributed by atoms with Crippen LogP contribution in [0.1, 0.15) is 25.0 Å². The number of carbonyl (C=O) groups is 2. The lowest BCUT2D eigenvalue weighted by Crippen LogP contribution is -2.05. The van der Waals surface area contributed by atoms with Crippen LogP contribution >= 0.6 is 11.6 Å². The summed E-state index contributed by atoms with van der Waals surface area (Å²) in [6.07, 6.45) is 1.52.